The first kappa shape index (κ1) is 11.2. The van der Waals surface area contributed by atoms with Crippen LogP contribution in [0.3, 0.4) is 0 Å². The zero-order valence-electron chi connectivity index (χ0n) is 8.49. The van der Waals surface area contributed by atoms with Crippen LogP contribution in [0.4, 0.5) is 0 Å². The van der Waals surface area contributed by atoms with Crippen molar-refractivity contribution in [3.8, 4) is 0 Å². The lowest BCUT2D eigenvalue weighted by molar-refractivity contribution is -0.141. The Labute approximate surface area is 102 Å². The molecule has 4 nitrogen and oxygen atoms in total. The van der Waals surface area contributed by atoms with Gasteiger partial charge in [-0.15, -0.1) is 0 Å². The van der Waals surface area contributed by atoms with Gasteiger partial charge in [0.1, 0.15) is 6.54 Å². The Morgan fingerprint density at radius 1 is 1.62 bits per heavy atom. The van der Waals surface area contributed by atoms with E-state index < -0.39 is 0 Å². The zero-order valence-corrected chi connectivity index (χ0v) is 10.1. The molecule has 0 radical (unpaired) electrons. The quantitative estimate of drug-likeness (QED) is 0.663. The highest BCUT2D eigenvalue weighted by atomic mass is 35.5. The van der Waals surface area contributed by atoms with Crippen molar-refractivity contribution in [1.29, 1.82) is 0 Å². The maximum atomic E-state index is 11.2. The summed E-state index contributed by atoms with van der Waals surface area (Å²) in [7, 11) is 1.34. The van der Waals surface area contributed by atoms with E-state index in [-0.39, 0.29) is 12.5 Å². The molecular weight excluding hydrogens is 248 g/mol. The maximum absolute atomic E-state index is 11.2. The third-order valence-electron chi connectivity index (χ3n) is 2.26. The van der Waals surface area contributed by atoms with Gasteiger partial charge in [0.05, 0.1) is 23.2 Å². The number of imidazole rings is 1. The van der Waals surface area contributed by atoms with Crippen LogP contribution in [0.1, 0.15) is 0 Å². The molecule has 1 N–H and O–H groups in total. The number of fused-ring (bicyclic) bond motifs is 1. The van der Waals surface area contributed by atoms with E-state index in [1.54, 1.807) is 10.6 Å². The minimum Gasteiger partial charge on any atom is -0.468 e. The number of para-hydroxylation sites is 1. The number of hydrogen-bond acceptors (Lipinski definition) is 3. The first-order valence-corrected chi connectivity index (χ1v) is 5.36. The third kappa shape index (κ3) is 1.83. The van der Waals surface area contributed by atoms with Crippen LogP contribution in [0, 0.1) is 4.77 Å². The Morgan fingerprint density at radius 2 is 2.38 bits per heavy atom. The Kier molecular flexibility index (Phi) is 2.98. The van der Waals surface area contributed by atoms with Gasteiger partial charge in [-0.1, -0.05) is 17.7 Å². The van der Waals surface area contributed by atoms with Gasteiger partial charge in [-0.2, -0.15) is 0 Å². The summed E-state index contributed by atoms with van der Waals surface area (Å²) < 4.78 is 6.68. The lowest BCUT2D eigenvalue weighted by Crippen LogP contribution is -2.11. The number of carbonyl (C=O) groups is 1. The molecule has 84 valence electrons. The highest BCUT2D eigenvalue weighted by Crippen LogP contribution is 2.23. The van der Waals surface area contributed by atoms with Crippen molar-refractivity contribution < 1.29 is 9.53 Å². The van der Waals surface area contributed by atoms with Gasteiger partial charge in [-0.3, -0.25) is 4.79 Å². The highest BCUT2D eigenvalue weighted by molar-refractivity contribution is 7.71. The topological polar surface area (TPSA) is 47.0 Å². The van der Waals surface area contributed by atoms with Crippen LogP contribution in [0.25, 0.3) is 11.0 Å². The Bertz CT molecular complexity index is 602. The number of H-pyrrole nitrogens is 1. The van der Waals surface area contributed by atoms with Crippen molar-refractivity contribution >= 4 is 40.8 Å². The number of hydrogen-bond donors (Lipinski definition) is 1. The number of aromatic nitrogens is 2. The van der Waals surface area contributed by atoms with Crippen molar-refractivity contribution in [2.45, 2.75) is 6.54 Å². The molecule has 16 heavy (non-hydrogen) atoms. The highest BCUT2D eigenvalue weighted by Gasteiger charge is 2.11. The second-order valence-corrected chi connectivity index (χ2v) is 4.02. The molecule has 2 rings (SSSR count). The van der Waals surface area contributed by atoms with E-state index in [1.807, 2.05) is 12.1 Å². The zero-order chi connectivity index (χ0) is 11.7. The lowest BCUT2D eigenvalue weighted by Gasteiger charge is -2.03. The molecule has 0 aliphatic carbocycles. The molecule has 0 saturated carbocycles. The molecule has 1 aromatic heterocycles. The van der Waals surface area contributed by atoms with Gasteiger partial charge >= 0.3 is 5.97 Å². The van der Waals surface area contributed by atoms with E-state index in [0.29, 0.717) is 9.79 Å². The summed E-state index contributed by atoms with van der Waals surface area (Å²) in [5.41, 5.74) is 1.53. The summed E-state index contributed by atoms with van der Waals surface area (Å²) in [6.07, 6.45) is 0. The summed E-state index contributed by atoms with van der Waals surface area (Å²) in [6, 6.07) is 5.42. The van der Waals surface area contributed by atoms with Crippen molar-refractivity contribution in [3.63, 3.8) is 0 Å². The van der Waals surface area contributed by atoms with Crippen molar-refractivity contribution in [3.05, 3.63) is 28.0 Å². The second-order valence-electron chi connectivity index (χ2n) is 3.23. The van der Waals surface area contributed by atoms with E-state index in [4.69, 9.17) is 23.8 Å². The van der Waals surface area contributed by atoms with Gasteiger partial charge < -0.3 is 14.3 Å². The predicted molar refractivity (Wildman–Crippen MR) is 64.1 cm³/mol. The monoisotopic (exact) mass is 256 g/mol. The number of aromatic amines is 1. The number of nitrogens with one attached hydrogen (secondary N) is 1. The molecule has 0 spiro atoms. The van der Waals surface area contributed by atoms with Crippen LogP contribution in [0.15, 0.2) is 18.2 Å². The molecule has 0 fully saturated rings. The van der Waals surface area contributed by atoms with Gasteiger partial charge in [0.15, 0.2) is 4.77 Å². The molecule has 0 atom stereocenters. The third-order valence-corrected chi connectivity index (χ3v) is 2.89. The molecule has 2 aromatic rings. The van der Waals surface area contributed by atoms with Gasteiger partial charge in [0.2, 0.25) is 0 Å². The average molecular weight is 257 g/mol. The molecule has 0 bridgehead atoms. The largest absolute Gasteiger partial charge is 0.468 e. The second kappa shape index (κ2) is 4.27. The first-order chi connectivity index (χ1) is 7.63. The van der Waals surface area contributed by atoms with Gasteiger partial charge in [0.25, 0.3) is 0 Å². The fourth-order valence-electron chi connectivity index (χ4n) is 1.52. The number of methoxy groups -OCH3 is 1. The molecule has 0 saturated heterocycles. The van der Waals surface area contributed by atoms with Crippen LogP contribution in [0.5, 0.6) is 0 Å². The number of nitrogens with zero attached hydrogens (tertiary/aromatic N) is 1. The molecule has 6 heteroatoms. The van der Waals surface area contributed by atoms with Gasteiger partial charge in [-0.05, 0) is 24.4 Å². The summed E-state index contributed by atoms with van der Waals surface area (Å²) >= 11 is 11.2. The van der Waals surface area contributed by atoms with Crippen molar-refractivity contribution in [2.75, 3.05) is 7.11 Å². The van der Waals surface area contributed by atoms with Crippen LogP contribution < -0.4 is 0 Å². The first-order valence-electron chi connectivity index (χ1n) is 4.57. The summed E-state index contributed by atoms with van der Waals surface area (Å²) in [6.45, 7) is 0.0546. The van der Waals surface area contributed by atoms with Crippen LogP contribution >= 0.6 is 23.8 Å². The van der Waals surface area contributed by atoms with Gasteiger partial charge in [-0.25, -0.2) is 0 Å². The number of ether oxygens (including phenoxy) is 1. The average Bonchev–Trinajstić information content (AvgIpc) is 2.56. The fourth-order valence-corrected chi connectivity index (χ4v) is 2.06. The maximum Gasteiger partial charge on any atom is 0.325 e. The number of benzene rings is 1. The van der Waals surface area contributed by atoms with Gasteiger partial charge in [0, 0.05) is 0 Å². The molecule has 0 unspecified atom stereocenters. The predicted octanol–water partition coefficient (Wildman–Crippen LogP) is 2.53. The summed E-state index contributed by atoms with van der Waals surface area (Å²) in [4.78, 5) is 14.2. The summed E-state index contributed by atoms with van der Waals surface area (Å²) in [5, 5.41) is 0.550. The van der Waals surface area contributed by atoms with Crippen LogP contribution in [-0.4, -0.2) is 22.6 Å². The minimum atomic E-state index is -0.364. The van der Waals surface area contributed by atoms with E-state index in [1.165, 1.54) is 7.11 Å². The molecule has 1 aromatic carbocycles. The Balaban J connectivity index is 2.64. The normalized spacial score (nSPS) is 10.6. The SMILES string of the molecule is COC(=O)Cn1c(=S)[nH]c2cccc(Cl)c21. The van der Waals surface area contributed by atoms with Crippen molar-refractivity contribution in [2.24, 2.45) is 0 Å². The molecule has 0 aliphatic rings. The van der Waals surface area contributed by atoms with Crippen molar-refractivity contribution in [1.82, 2.24) is 9.55 Å². The molecule has 0 amide bonds. The standard InChI is InChI=1S/C10H9ClN2O2S/c1-15-8(14)5-13-9-6(11)3-2-4-7(9)12-10(13)16/h2-4H,5H2,1H3,(H,12,16). The van der Waals surface area contributed by atoms with E-state index >= 15 is 0 Å². The Morgan fingerprint density at radius 3 is 3.06 bits per heavy atom. The van der Waals surface area contributed by atoms with E-state index in [9.17, 15) is 4.79 Å². The summed E-state index contributed by atoms with van der Waals surface area (Å²) in [5.74, 6) is -0.364. The fraction of sp³-hybridized carbons (Fsp3) is 0.200. The van der Waals surface area contributed by atoms with E-state index in [0.717, 1.165) is 11.0 Å². The molecule has 0 aliphatic heterocycles. The van der Waals surface area contributed by atoms with Crippen LogP contribution in [0.2, 0.25) is 5.02 Å². The number of rotatable bonds is 2. The number of halogens is 1. The molecule has 1 heterocycles. The number of carbonyl (C=O) groups excluding carboxylic acids is 1. The smallest absolute Gasteiger partial charge is 0.325 e. The number of esters is 1. The Hall–Kier alpha value is -1.33. The van der Waals surface area contributed by atoms with E-state index in [2.05, 4.69) is 9.72 Å². The lowest BCUT2D eigenvalue weighted by atomic mass is 10.3. The minimum absolute atomic E-state index is 0.0546. The van der Waals surface area contributed by atoms with Crippen LogP contribution in [-0.2, 0) is 16.1 Å². The molecular formula is C10H9ClN2O2S.